The summed E-state index contributed by atoms with van der Waals surface area (Å²) in [5, 5.41) is 9.48. The molecule has 0 atom stereocenters. The second-order valence-corrected chi connectivity index (χ2v) is 8.71. The molecule has 0 saturated carbocycles. The zero-order valence-electron chi connectivity index (χ0n) is 18.6. The Labute approximate surface area is 212 Å². The SMILES string of the molecule is O=c1c2c(Nc3ccccc3)nc(Nc3ccccc3)n2c(=O)c2c(Br)nc(Nc3ccccc3)n12. The van der Waals surface area contributed by atoms with Crippen molar-refractivity contribution in [3.63, 3.8) is 0 Å². The van der Waals surface area contributed by atoms with Gasteiger partial charge in [-0.05, 0) is 52.3 Å². The molecule has 0 aliphatic rings. The largest absolute Gasteiger partial charge is 0.338 e. The molecule has 0 aliphatic carbocycles. The van der Waals surface area contributed by atoms with Crippen molar-refractivity contribution >= 4 is 61.7 Å². The van der Waals surface area contributed by atoms with E-state index in [1.165, 1.54) is 8.80 Å². The molecule has 6 rings (SSSR count). The Bertz CT molecular complexity index is 1800. The lowest BCUT2D eigenvalue weighted by Crippen LogP contribution is -2.27. The Kier molecular flexibility index (Phi) is 5.34. The minimum absolute atomic E-state index is 0.0933. The van der Waals surface area contributed by atoms with Crippen LogP contribution in [0, 0.1) is 0 Å². The van der Waals surface area contributed by atoms with E-state index in [1.54, 1.807) is 0 Å². The number of halogens is 1. The number of para-hydroxylation sites is 3. The van der Waals surface area contributed by atoms with Crippen LogP contribution in [0.4, 0.5) is 34.8 Å². The van der Waals surface area contributed by atoms with Crippen LogP contribution >= 0.6 is 15.9 Å². The van der Waals surface area contributed by atoms with E-state index >= 15 is 0 Å². The van der Waals surface area contributed by atoms with Crippen molar-refractivity contribution in [3.05, 3.63) is 116 Å². The summed E-state index contributed by atoms with van der Waals surface area (Å²) in [5.74, 6) is 0.682. The highest BCUT2D eigenvalue weighted by molar-refractivity contribution is 9.10. The fourth-order valence-electron chi connectivity index (χ4n) is 4.02. The van der Waals surface area contributed by atoms with E-state index in [0.717, 1.165) is 17.1 Å². The molecule has 0 radical (unpaired) electrons. The van der Waals surface area contributed by atoms with E-state index in [9.17, 15) is 9.59 Å². The molecule has 36 heavy (non-hydrogen) atoms. The summed E-state index contributed by atoms with van der Waals surface area (Å²) in [7, 11) is 0. The number of hydrogen-bond donors (Lipinski definition) is 3. The lowest BCUT2D eigenvalue weighted by atomic mass is 10.3. The normalized spacial score (nSPS) is 11.1. The molecule has 10 heteroatoms. The topological polar surface area (TPSA) is 105 Å². The molecule has 0 amide bonds. The maximum absolute atomic E-state index is 13.9. The molecule has 3 heterocycles. The van der Waals surface area contributed by atoms with Gasteiger partial charge in [0.1, 0.15) is 4.60 Å². The number of anilines is 6. The summed E-state index contributed by atoms with van der Waals surface area (Å²) in [4.78, 5) is 36.8. The van der Waals surface area contributed by atoms with Crippen LogP contribution in [-0.4, -0.2) is 18.8 Å². The van der Waals surface area contributed by atoms with E-state index in [2.05, 4.69) is 41.8 Å². The predicted octanol–water partition coefficient (Wildman–Crippen LogP) is 5.13. The van der Waals surface area contributed by atoms with Gasteiger partial charge in [0, 0.05) is 17.1 Å². The van der Waals surface area contributed by atoms with Gasteiger partial charge in [-0.15, -0.1) is 0 Å². The molecular weight excluding hydrogens is 522 g/mol. The van der Waals surface area contributed by atoms with Gasteiger partial charge in [-0.2, -0.15) is 4.98 Å². The molecule has 3 aromatic carbocycles. The first kappa shape index (κ1) is 21.8. The molecule has 0 unspecified atom stereocenters. The summed E-state index contributed by atoms with van der Waals surface area (Å²) in [6.45, 7) is 0. The Morgan fingerprint density at radius 3 is 1.50 bits per heavy atom. The van der Waals surface area contributed by atoms with Crippen molar-refractivity contribution in [2.75, 3.05) is 16.0 Å². The Hall–Kier alpha value is -4.70. The predicted molar refractivity (Wildman–Crippen MR) is 145 cm³/mol. The van der Waals surface area contributed by atoms with Crippen LogP contribution in [0.3, 0.4) is 0 Å². The fraction of sp³-hybridized carbons (Fsp3) is 0. The van der Waals surface area contributed by atoms with Crippen molar-refractivity contribution < 1.29 is 0 Å². The van der Waals surface area contributed by atoms with Gasteiger partial charge in [-0.25, -0.2) is 13.8 Å². The Morgan fingerprint density at radius 2 is 0.972 bits per heavy atom. The number of aromatic nitrogens is 4. The number of hydrogen-bond acceptors (Lipinski definition) is 7. The summed E-state index contributed by atoms with van der Waals surface area (Å²) in [5.41, 5.74) is 1.48. The summed E-state index contributed by atoms with van der Waals surface area (Å²) >= 11 is 3.37. The first-order valence-electron chi connectivity index (χ1n) is 11.1. The number of nitrogens with one attached hydrogen (secondary N) is 3. The maximum Gasteiger partial charge on any atom is 0.286 e. The van der Waals surface area contributed by atoms with Gasteiger partial charge in [-0.3, -0.25) is 9.59 Å². The molecule has 9 nitrogen and oxygen atoms in total. The number of rotatable bonds is 6. The molecule has 176 valence electrons. The Balaban J connectivity index is 1.61. The van der Waals surface area contributed by atoms with E-state index in [-0.39, 0.29) is 33.4 Å². The van der Waals surface area contributed by atoms with Crippen LogP contribution in [0.1, 0.15) is 0 Å². The second kappa shape index (κ2) is 8.82. The minimum atomic E-state index is -0.451. The Morgan fingerprint density at radius 1 is 0.556 bits per heavy atom. The highest BCUT2D eigenvalue weighted by atomic mass is 79.9. The third-order valence-corrected chi connectivity index (χ3v) is 6.17. The molecule has 3 aromatic heterocycles. The average Bonchev–Trinajstić information content (AvgIpc) is 3.42. The molecule has 0 aliphatic heterocycles. The van der Waals surface area contributed by atoms with Crippen LogP contribution in [-0.2, 0) is 0 Å². The van der Waals surface area contributed by atoms with Crippen LogP contribution in [0.5, 0.6) is 0 Å². The molecular formula is C26H18BrN7O2. The van der Waals surface area contributed by atoms with E-state index in [1.807, 2.05) is 91.0 Å². The van der Waals surface area contributed by atoms with E-state index < -0.39 is 11.1 Å². The monoisotopic (exact) mass is 539 g/mol. The highest BCUT2D eigenvalue weighted by Crippen LogP contribution is 2.27. The first-order chi connectivity index (χ1) is 17.6. The third kappa shape index (κ3) is 3.73. The maximum atomic E-state index is 13.9. The van der Waals surface area contributed by atoms with Crippen LogP contribution < -0.4 is 27.1 Å². The molecule has 0 saturated heterocycles. The average molecular weight is 540 g/mol. The quantitative estimate of drug-likeness (QED) is 0.269. The number of benzene rings is 3. The molecule has 0 fully saturated rings. The second-order valence-electron chi connectivity index (χ2n) is 7.96. The van der Waals surface area contributed by atoms with Gasteiger partial charge in [0.2, 0.25) is 11.9 Å². The number of nitrogens with zero attached hydrogens (tertiary/aromatic N) is 4. The van der Waals surface area contributed by atoms with Crippen molar-refractivity contribution in [3.8, 4) is 0 Å². The fourth-order valence-corrected chi connectivity index (χ4v) is 4.53. The standard InChI is InChI=1S/C26H18BrN7O2/c27-21-19-23(35)34-20(24(36)33(19)25(31-21)29-17-12-6-2-7-13-17)22(28-16-10-4-1-5-11-16)32-26(34)30-18-14-8-3-9-15-18/h1-15,28H,(H,29,31)(H,30,32). The van der Waals surface area contributed by atoms with Crippen molar-refractivity contribution in [1.29, 1.82) is 0 Å². The highest BCUT2D eigenvalue weighted by Gasteiger charge is 2.25. The third-order valence-electron chi connectivity index (χ3n) is 5.62. The van der Waals surface area contributed by atoms with Crippen molar-refractivity contribution in [2.24, 2.45) is 0 Å². The minimum Gasteiger partial charge on any atom is -0.338 e. The van der Waals surface area contributed by atoms with E-state index in [0.29, 0.717) is 0 Å². The smallest absolute Gasteiger partial charge is 0.286 e. The van der Waals surface area contributed by atoms with Gasteiger partial charge < -0.3 is 16.0 Å². The van der Waals surface area contributed by atoms with Crippen LogP contribution in [0.25, 0.3) is 11.0 Å². The number of imidazole rings is 2. The lowest BCUT2D eigenvalue weighted by Gasteiger charge is -2.07. The number of fused-ring (bicyclic) bond motifs is 2. The molecule has 0 bridgehead atoms. The van der Waals surface area contributed by atoms with E-state index in [4.69, 9.17) is 0 Å². The molecule has 0 spiro atoms. The summed E-state index contributed by atoms with van der Waals surface area (Å²) in [6.07, 6.45) is 0. The van der Waals surface area contributed by atoms with Crippen LogP contribution in [0.15, 0.2) is 105 Å². The van der Waals surface area contributed by atoms with Gasteiger partial charge in [0.05, 0.1) is 0 Å². The lowest BCUT2D eigenvalue weighted by molar-refractivity contribution is 1.02. The summed E-state index contributed by atoms with van der Waals surface area (Å²) < 4.78 is 2.81. The van der Waals surface area contributed by atoms with Crippen molar-refractivity contribution in [2.45, 2.75) is 0 Å². The first-order valence-corrected chi connectivity index (χ1v) is 11.9. The van der Waals surface area contributed by atoms with Gasteiger partial charge in [0.25, 0.3) is 11.1 Å². The zero-order valence-corrected chi connectivity index (χ0v) is 20.2. The van der Waals surface area contributed by atoms with Crippen molar-refractivity contribution in [1.82, 2.24) is 18.8 Å². The van der Waals surface area contributed by atoms with Gasteiger partial charge >= 0.3 is 0 Å². The zero-order chi connectivity index (χ0) is 24.6. The van der Waals surface area contributed by atoms with Crippen LogP contribution in [0.2, 0.25) is 0 Å². The van der Waals surface area contributed by atoms with Gasteiger partial charge in [0.15, 0.2) is 16.9 Å². The summed E-state index contributed by atoms with van der Waals surface area (Å²) in [6, 6.07) is 28.0. The molecule has 6 aromatic rings. The van der Waals surface area contributed by atoms with Gasteiger partial charge in [-0.1, -0.05) is 54.6 Å². The molecule has 3 N–H and O–H groups in total.